The number of hydrogen-bond acceptors (Lipinski definition) is 6. The van der Waals surface area contributed by atoms with Crippen molar-refractivity contribution in [2.75, 3.05) is 19.5 Å². The SMILES string of the molecule is COc1cc(-c2cccc(-c3cccc(NC(=O)C4C(=O)NC(=O)N(C)C4=O)c3C)c2C)cc(F)c1C=O. The molecule has 0 spiro atoms. The maximum atomic E-state index is 14.6. The van der Waals surface area contributed by atoms with E-state index in [1.54, 1.807) is 31.2 Å². The first-order chi connectivity index (χ1) is 18.1. The molecule has 0 radical (unpaired) electrons. The van der Waals surface area contributed by atoms with Gasteiger partial charge in [-0.25, -0.2) is 9.18 Å². The highest BCUT2D eigenvalue weighted by atomic mass is 19.1. The van der Waals surface area contributed by atoms with Crippen molar-refractivity contribution in [1.29, 1.82) is 0 Å². The number of aldehydes is 1. The van der Waals surface area contributed by atoms with Crippen LogP contribution >= 0.6 is 0 Å². The molecule has 194 valence electrons. The van der Waals surface area contributed by atoms with Gasteiger partial charge in [0.1, 0.15) is 11.6 Å². The first-order valence-corrected chi connectivity index (χ1v) is 11.5. The number of carbonyl (C=O) groups excluding carboxylic acids is 5. The Morgan fingerprint density at radius 2 is 1.66 bits per heavy atom. The molecule has 1 aliphatic rings. The molecule has 9 nitrogen and oxygen atoms in total. The summed E-state index contributed by atoms with van der Waals surface area (Å²) in [5, 5.41) is 4.62. The average Bonchev–Trinajstić information content (AvgIpc) is 2.88. The Morgan fingerprint density at radius 1 is 1.03 bits per heavy atom. The van der Waals surface area contributed by atoms with Crippen molar-refractivity contribution < 1.29 is 33.1 Å². The number of hydrogen-bond donors (Lipinski definition) is 2. The van der Waals surface area contributed by atoms with Crippen molar-refractivity contribution in [2.45, 2.75) is 13.8 Å². The fourth-order valence-electron chi connectivity index (χ4n) is 4.44. The minimum absolute atomic E-state index is 0.120. The lowest BCUT2D eigenvalue weighted by atomic mass is 9.90. The van der Waals surface area contributed by atoms with Gasteiger partial charge in [-0.3, -0.25) is 29.4 Å². The molecule has 1 atom stereocenters. The Hall–Kier alpha value is -4.86. The Kier molecular flexibility index (Phi) is 7.07. The third kappa shape index (κ3) is 4.52. The fourth-order valence-corrected chi connectivity index (χ4v) is 4.44. The minimum atomic E-state index is -1.70. The van der Waals surface area contributed by atoms with Gasteiger partial charge in [0.25, 0.3) is 5.91 Å². The number of urea groups is 1. The number of benzene rings is 3. The summed E-state index contributed by atoms with van der Waals surface area (Å²) in [6.45, 7) is 3.64. The first kappa shape index (κ1) is 26.2. The number of halogens is 1. The number of nitrogens with zero attached hydrogens (tertiary/aromatic N) is 1. The van der Waals surface area contributed by atoms with Gasteiger partial charge in [-0.15, -0.1) is 0 Å². The van der Waals surface area contributed by atoms with Crippen molar-refractivity contribution in [3.63, 3.8) is 0 Å². The number of methoxy groups -OCH3 is 1. The summed E-state index contributed by atoms with van der Waals surface area (Å²) in [4.78, 5) is 61.1. The second kappa shape index (κ2) is 10.3. The van der Waals surface area contributed by atoms with Gasteiger partial charge >= 0.3 is 6.03 Å². The lowest BCUT2D eigenvalue weighted by Gasteiger charge is -2.26. The number of barbiturate groups is 1. The molecule has 1 heterocycles. The van der Waals surface area contributed by atoms with Crippen LogP contribution in [-0.2, 0) is 14.4 Å². The molecule has 3 aromatic rings. The monoisotopic (exact) mass is 517 g/mol. The van der Waals surface area contributed by atoms with E-state index in [1.807, 2.05) is 30.4 Å². The van der Waals surface area contributed by atoms with E-state index in [0.29, 0.717) is 33.6 Å². The second-order valence-corrected chi connectivity index (χ2v) is 8.76. The number of carbonyl (C=O) groups is 5. The standard InChI is InChI=1S/C28H24FN3O6/c1-14-17(16-11-21(29)20(13-33)23(12-16)38-4)7-5-8-18(14)19-9-6-10-22(15(19)2)30-25(34)24-26(35)31-28(37)32(3)27(24)36/h5-13,24H,1-4H3,(H,30,34)(H,31,35,37). The van der Waals surface area contributed by atoms with Crippen molar-refractivity contribution in [2.24, 2.45) is 5.92 Å². The van der Waals surface area contributed by atoms with Gasteiger partial charge in [0, 0.05) is 12.7 Å². The van der Waals surface area contributed by atoms with E-state index in [0.717, 1.165) is 16.7 Å². The van der Waals surface area contributed by atoms with Gasteiger partial charge in [0.05, 0.1) is 12.7 Å². The normalized spacial score (nSPS) is 15.2. The van der Waals surface area contributed by atoms with Crippen LogP contribution < -0.4 is 15.4 Å². The summed E-state index contributed by atoms with van der Waals surface area (Å²) in [5.74, 6) is -5.06. The van der Waals surface area contributed by atoms with Crippen LogP contribution in [0.15, 0.2) is 48.5 Å². The average molecular weight is 518 g/mol. The van der Waals surface area contributed by atoms with Crippen LogP contribution in [-0.4, -0.2) is 49.1 Å². The van der Waals surface area contributed by atoms with Gasteiger partial charge in [-0.05, 0) is 65.4 Å². The molecular weight excluding hydrogens is 493 g/mol. The zero-order chi connectivity index (χ0) is 27.7. The predicted octanol–water partition coefficient (Wildman–Crippen LogP) is 3.86. The zero-order valence-corrected chi connectivity index (χ0v) is 21.0. The third-order valence-electron chi connectivity index (χ3n) is 6.59. The van der Waals surface area contributed by atoms with Gasteiger partial charge in [0.15, 0.2) is 12.2 Å². The molecule has 5 amide bonds. The molecular formula is C28H24FN3O6. The fraction of sp³-hybridized carbons (Fsp3) is 0.179. The highest BCUT2D eigenvalue weighted by molar-refractivity contribution is 6.28. The number of imide groups is 2. The summed E-state index contributed by atoms with van der Waals surface area (Å²) in [5.41, 5.74) is 4.47. The van der Waals surface area contributed by atoms with Gasteiger partial charge < -0.3 is 10.1 Å². The number of nitrogens with one attached hydrogen (secondary N) is 2. The molecule has 0 bridgehead atoms. The Labute approximate surface area is 217 Å². The van der Waals surface area contributed by atoms with E-state index in [-0.39, 0.29) is 11.3 Å². The second-order valence-electron chi connectivity index (χ2n) is 8.76. The Morgan fingerprint density at radius 3 is 2.32 bits per heavy atom. The Bertz CT molecular complexity index is 1520. The maximum absolute atomic E-state index is 14.6. The molecule has 1 unspecified atom stereocenters. The van der Waals surface area contributed by atoms with E-state index in [4.69, 9.17) is 4.74 Å². The molecule has 2 N–H and O–H groups in total. The van der Waals surface area contributed by atoms with Gasteiger partial charge in [-0.1, -0.05) is 30.3 Å². The number of rotatable bonds is 6. The van der Waals surface area contributed by atoms with Crippen molar-refractivity contribution >= 4 is 35.7 Å². The molecule has 10 heteroatoms. The van der Waals surface area contributed by atoms with Gasteiger partial charge in [0.2, 0.25) is 11.8 Å². The van der Waals surface area contributed by atoms with Crippen LogP contribution in [0.4, 0.5) is 14.9 Å². The maximum Gasteiger partial charge on any atom is 0.330 e. The molecule has 0 aliphatic carbocycles. The molecule has 0 aromatic heterocycles. The highest BCUT2D eigenvalue weighted by Crippen LogP contribution is 2.37. The van der Waals surface area contributed by atoms with E-state index >= 15 is 0 Å². The van der Waals surface area contributed by atoms with Crippen molar-refractivity contribution in [3.05, 3.63) is 71.0 Å². The zero-order valence-electron chi connectivity index (χ0n) is 21.0. The van der Waals surface area contributed by atoms with Crippen LogP contribution in [0.1, 0.15) is 21.5 Å². The van der Waals surface area contributed by atoms with Gasteiger partial charge in [-0.2, -0.15) is 0 Å². The van der Waals surface area contributed by atoms with E-state index in [1.165, 1.54) is 20.2 Å². The molecule has 1 saturated heterocycles. The summed E-state index contributed by atoms with van der Waals surface area (Å²) >= 11 is 0. The largest absolute Gasteiger partial charge is 0.496 e. The van der Waals surface area contributed by atoms with Crippen LogP contribution in [0.2, 0.25) is 0 Å². The topological polar surface area (TPSA) is 122 Å². The van der Waals surface area contributed by atoms with Crippen LogP contribution in [0, 0.1) is 25.6 Å². The first-order valence-electron chi connectivity index (χ1n) is 11.5. The number of amides is 5. The molecule has 1 aliphatic heterocycles. The third-order valence-corrected chi connectivity index (χ3v) is 6.59. The highest BCUT2D eigenvalue weighted by Gasteiger charge is 2.43. The summed E-state index contributed by atoms with van der Waals surface area (Å²) < 4.78 is 19.8. The smallest absolute Gasteiger partial charge is 0.330 e. The van der Waals surface area contributed by atoms with Crippen molar-refractivity contribution in [1.82, 2.24) is 10.2 Å². The number of ether oxygens (including phenoxy) is 1. The lowest BCUT2D eigenvalue weighted by molar-refractivity contribution is -0.145. The predicted molar refractivity (Wildman–Crippen MR) is 137 cm³/mol. The van der Waals surface area contributed by atoms with Crippen molar-refractivity contribution in [3.8, 4) is 28.0 Å². The molecule has 4 rings (SSSR count). The van der Waals surface area contributed by atoms with Crippen LogP contribution in [0.3, 0.4) is 0 Å². The van der Waals surface area contributed by atoms with E-state index < -0.39 is 35.5 Å². The Balaban J connectivity index is 1.71. The quantitative estimate of drug-likeness (QED) is 0.378. The number of anilines is 1. The van der Waals surface area contributed by atoms with Crippen LogP contribution in [0.5, 0.6) is 5.75 Å². The molecule has 38 heavy (non-hydrogen) atoms. The van der Waals surface area contributed by atoms with E-state index in [2.05, 4.69) is 5.32 Å². The summed E-state index contributed by atoms with van der Waals surface area (Å²) in [7, 11) is 2.54. The van der Waals surface area contributed by atoms with E-state index in [9.17, 15) is 28.4 Å². The minimum Gasteiger partial charge on any atom is -0.496 e. The summed E-state index contributed by atoms with van der Waals surface area (Å²) in [6.07, 6.45) is 0.408. The molecule has 1 fully saturated rings. The lowest BCUT2D eigenvalue weighted by Crippen LogP contribution is -2.59. The molecule has 3 aromatic carbocycles. The molecule has 0 saturated carbocycles. The summed E-state index contributed by atoms with van der Waals surface area (Å²) in [6, 6.07) is 12.7. The van der Waals surface area contributed by atoms with Crippen LogP contribution in [0.25, 0.3) is 22.3 Å².